The van der Waals surface area contributed by atoms with Gasteiger partial charge in [-0.25, -0.2) is 4.98 Å². The van der Waals surface area contributed by atoms with E-state index in [1.165, 1.54) is 25.7 Å². The number of nitrogens with zero attached hydrogens (tertiary/aromatic N) is 1. The standard InChI is InChI=1S/C20H26FNO2/c1-3-4-5-6-7-8-15-24-19-14-13-18(22-20(19)21)16-9-11-17(23-2)12-10-16/h9-14H,3-8,15H2,1-2H3. The molecule has 1 aromatic carbocycles. The topological polar surface area (TPSA) is 31.4 Å². The molecule has 0 unspecified atom stereocenters. The van der Waals surface area contributed by atoms with Gasteiger partial charge in [0.15, 0.2) is 5.75 Å². The van der Waals surface area contributed by atoms with Gasteiger partial charge in [0, 0.05) is 5.56 Å². The van der Waals surface area contributed by atoms with Crippen LogP contribution in [0.2, 0.25) is 0 Å². The quantitative estimate of drug-likeness (QED) is 0.417. The van der Waals surface area contributed by atoms with Crippen LogP contribution < -0.4 is 9.47 Å². The first-order chi connectivity index (χ1) is 11.7. The predicted octanol–water partition coefficient (Wildman–Crippen LogP) is 5.64. The van der Waals surface area contributed by atoms with Gasteiger partial charge in [-0.15, -0.1) is 0 Å². The van der Waals surface area contributed by atoms with Gasteiger partial charge < -0.3 is 9.47 Å². The van der Waals surface area contributed by atoms with Crippen LogP contribution in [0.1, 0.15) is 45.4 Å². The number of halogens is 1. The number of hydrogen-bond acceptors (Lipinski definition) is 3. The van der Waals surface area contributed by atoms with Crippen molar-refractivity contribution in [2.24, 2.45) is 0 Å². The van der Waals surface area contributed by atoms with Crippen LogP contribution in [-0.4, -0.2) is 18.7 Å². The van der Waals surface area contributed by atoms with Crippen LogP contribution in [-0.2, 0) is 0 Å². The van der Waals surface area contributed by atoms with E-state index >= 15 is 0 Å². The van der Waals surface area contributed by atoms with Gasteiger partial charge in [-0.3, -0.25) is 0 Å². The SMILES string of the molecule is CCCCCCCCOc1ccc(-c2ccc(OC)cc2)nc1F. The molecule has 0 atom stereocenters. The van der Waals surface area contributed by atoms with Gasteiger partial charge in [-0.05, 0) is 42.8 Å². The van der Waals surface area contributed by atoms with Crippen LogP contribution in [0.3, 0.4) is 0 Å². The summed E-state index contributed by atoms with van der Waals surface area (Å²) in [6, 6.07) is 10.8. The van der Waals surface area contributed by atoms with Crippen molar-refractivity contribution in [3.8, 4) is 22.8 Å². The maximum atomic E-state index is 14.1. The molecule has 3 nitrogen and oxygen atoms in total. The lowest BCUT2D eigenvalue weighted by Gasteiger charge is -2.08. The van der Waals surface area contributed by atoms with Crippen LogP contribution >= 0.6 is 0 Å². The predicted molar refractivity (Wildman–Crippen MR) is 95.1 cm³/mol. The van der Waals surface area contributed by atoms with Crippen molar-refractivity contribution in [3.05, 3.63) is 42.3 Å². The molecule has 0 aliphatic heterocycles. The van der Waals surface area contributed by atoms with Crippen molar-refractivity contribution >= 4 is 0 Å². The Morgan fingerprint density at radius 3 is 2.29 bits per heavy atom. The van der Waals surface area contributed by atoms with E-state index in [4.69, 9.17) is 9.47 Å². The van der Waals surface area contributed by atoms with Crippen molar-refractivity contribution in [3.63, 3.8) is 0 Å². The minimum Gasteiger partial charge on any atom is -0.497 e. The Bertz CT molecular complexity index is 614. The second-order valence-electron chi connectivity index (χ2n) is 5.83. The average molecular weight is 331 g/mol. The molecule has 0 bridgehead atoms. The zero-order chi connectivity index (χ0) is 17.2. The van der Waals surface area contributed by atoms with Crippen molar-refractivity contribution in [2.75, 3.05) is 13.7 Å². The van der Waals surface area contributed by atoms with Gasteiger partial charge in [0.1, 0.15) is 5.75 Å². The number of pyridine rings is 1. The molecule has 0 aliphatic carbocycles. The molecular weight excluding hydrogens is 305 g/mol. The van der Waals surface area contributed by atoms with Crippen LogP contribution in [0, 0.1) is 5.95 Å². The second-order valence-corrected chi connectivity index (χ2v) is 5.83. The second kappa shape index (κ2) is 9.91. The molecule has 1 aromatic heterocycles. The highest BCUT2D eigenvalue weighted by molar-refractivity contribution is 5.60. The highest BCUT2D eigenvalue weighted by Gasteiger charge is 2.08. The number of aromatic nitrogens is 1. The summed E-state index contributed by atoms with van der Waals surface area (Å²) in [6.45, 7) is 2.74. The van der Waals surface area contributed by atoms with Crippen molar-refractivity contribution in [2.45, 2.75) is 45.4 Å². The molecule has 0 saturated carbocycles. The van der Waals surface area contributed by atoms with Crippen LogP contribution in [0.4, 0.5) is 4.39 Å². The Labute approximate surface area is 143 Å². The fourth-order valence-corrected chi connectivity index (χ4v) is 2.52. The molecule has 0 saturated heterocycles. The first kappa shape index (κ1) is 18.2. The maximum absolute atomic E-state index is 14.1. The molecular formula is C20H26FNO2. The van der Waals surface area contributed by atoms with E-state index in [9.17, 15) is 4.39 Å². The monoisotopic (exact) mass is 331 g/mol. The number of ether oxygens (including phenoxy) is 2. The molecule has 2 aromatic rings. The minimum absolute atomic E-state index is 0.223. The summed E-state index contributed by atoms with van der Waals surface area (Å²) in [7, 11) is 1.61. The first-order valence-corrected chi connectivity index (χ1v) is 8.68. The lowest BCUT2D eigenvalue weighted by atomic mass is 10.1. The summed E-state index contributed by atoms with van der Waals surface area (Å²) in [4.78, 5) is 4.01. The van der Waals surface area contributed by atoms with E-state index in [1.807, 2.05) is 24.3 Å². The highest BCUT2D eigenvalue weighted by atomic mass is 19.1. The van der Waals surface area contributed by atoms with Gasteiger partial charge in [0.05, 0.1) is 19.4 Å². The summed E-state index contributed by atoms with van der Waals surface area (Å²) in [5.41, 5.74) is 1.43. The zero-order valence-electron chi connectivity index (χ0n) is 14.6. The van der Waals surface area contributed by atoms with Gasteiger partial charge in [0.25, 0.3) is 5.95 Å². The number of rotatable bonds is 10. The van der Waals surface area contributed by atoms with E-state index in [-0.39, 0.29) is 5.75 Å². The smallest absolute Gasteiger partial charge is 0.255 e. The molecule has 4 heteroatoms. The molecule has 0 fully saturated rings. The maximum Gasteiger partial charge on any atom is 0.255 e. The van der Waals surface area contributed by atoms with Crippen molar-refractivity contribution in [1.29, 1.82) is 0 Å². The molecule has 0 amide bonds. The Morgan fingerprint density at radius 2 is 1.62 bits per heavy atom. The molecule has 0 spiro atoms. The lowest BCUT2D eigenvalue weighted by molar-refractivity contribution is 0.286. The number of hydrogen-bond donors (Lipinski definition) is 0. The first-order valence-electron chi connectivity index (χ1n) is 8.68. The summed E-state index contributed by atoms with van der Waals surface area (Å²) in [6.07, 6.45) is 7.08. The summed E-state index contributed by atoms with van der Waals surface area (Å²) >= 11 is 0. The van der Waals surface area contributed by atoms with Gasteiger partial charge in [0.2, 0.25) is 0 Å². The Kier molecular flexibility index (Phi) is 7.53. The van der Waals surface area contributed by atoms with E-state index in [0.29, 0.717) is 12.3 Å². The lowest BCUT2D eigenvalue weighted by Crippen LogP contribution is -2.01. The molecule has 0 N–H and O–H groups in total. The fraction of sp³-hybridized carbons (Fsp3) is 0.450. The normalized spacial score (nSPS) is 10.6. The summed E-state index contributed by atoms with van der Waals surface area (Å²) in [5, 5.41) is 0. The Hall–Kier alpha value is -2.10. The number of unbranched alkanes of at least 4 members (excludes halogenated alkanes) is 5. The van der Waals surface area contributed by atoms with Crippen molar-refractivity contribution in [1.82, 2.24) is 4.98 Å². The fourth-order valence-electron chi connectivity index (χ4n) is 2.52. The molecule has 2 rings (SSSR count). The van der Waals surface area contributed by atoms with Gasteiger partial charge >= 0.3 is 0 Å². The molecule has 24 heavy (non-hydrogen) atoms. The van der Waals surface area contributed by atoms with Crippen LogP contribution in [0.5, 0.6) is 11.5 Å². The van der Waals surface area contributed by atoms with E-state index < -0.39 is 5.95 Å². The summed E-state index contributed by atoms with van der Waals surface area (Å²) < 4.78 is 24.7. The minimum atomic E-state index is -0.561. The third kappa shape index (κ3) is 5.52. The van der Waals surface area contributed by atoms with E-state index in [1.54, 1.807) is 19.2 Å². The largest absolute Gasteiger partial charge is 0.497 e. The highest BCUT2D eigenvalue weighted by Crippen LogP contribution is 2.24. The number of methoxy groups -OCH3 is 1. The Morgan fingerprint density at radius 1 is 0.917 bits per heavy atom. The van der Waals surface area contributed by atoms with Gasteiger partial charge in [-0.1, -0.05) is 39.0 Å². The van der Waals surface area contributed by atoms with Crippen LogP contribution in [0.25, 0.3) is 11.3 Å². The van der Waals surface area contributed by atoms with Crippen LogP contribution in [0.15, 0.2) is 36.4 Å². The molecule has 130 valence electrons. The van der Waals surface area contributed by atoms with Crippen molar-refractivity contribution < 1.29 is 13.9 Å². The zero-order valence-corrected chi connectivity index (χ0v) is 14.6. The van der Waals surface area contributed by atoms with Gasteiger partial charge in [-0.2, -0.15) is 4.39 Å². The molecule has 0 radical (unpaired) electrons. The average Bonchev–Trinajstić information content (AvgIpc) is 2.62. The number of benzene rings is 1. The van der Waals surface area contributed by atoms with E-state index in [0.717, 1.165) is 24.2 Å². The molecule has 1 heterocycles. The van der Waals surface area contributed by atoms with E-state index in [2.05, 4.69) is 11.9 Å². The third-order valence-electron chi connectivity index (χ3n) is 3.96. The Balaban J connectivity index is 1.85. The summed E-state index contributed by atoms with van der Waals surface area (Å²) in [5.74, 6) is 0.424. The third-order valence-corrected chi connectivity index (χ3v) is 3.96. The molecule has 0 aliphatic rings.